The van der Waals surface area contributed by atoms with Gasteiger partial charge >= 0.3 is 12.0 Å². The predicted molar refractivity (Wildman–Crippen MR) is 77.8 cm³/mol. The lowest BCUT2D eigenvalue weighted by molar-refractivity contribution is -0.137. The fourth-order valence-corrected chi connectivity index (χ4v) is 2.62. The summed E-state index contributed by atoms with van der Waals surface area (Å²) in [7, 11) is 1.74. The molecule has 0 aromatic carbocycles. The van der Waals surface area contributed by atoms with E-state index in [0.29, 0.717) is 0 Å². The zero-order chi connectivity index (χ0) is 15.8. The van der Waals surface area contributed by atoms with Gasteiger partial charge in [0.25, 0.3) is 0 Å². The van der Waals surface area contributed by atoms with Crippen molar-refractivity contribution in [1.29, 1.82) is 0 Å². The summed E-state index contributed by atoms with van der Waals surface area (Å²) in [5.74, 6) is -0.854. The first kappa shape index (κ1) is 17.3. The van der Waals surface area contributed by atoms with Gasteiger partial charge in [0.15, 0.2) is 0 Å². The predicted octanol–water partition coefficient (Wildman–Crippen LogP) is 0.797. The number of hydrogen-bond acceptors (Lipinski definition) is 3. The Kier molecular flexibility index (Phi) is 6.98. The SMILES string of the molecule is CCC1CCC(N(C)C(=O)NCC(=O)NCC(=O)O)CC1. The Balaban J connectivity index is 2.28. The number of carboxylic acids is 1. The number of aliphatic carboxylic acids is 1. The smallest absolute Gasteiger partial charge is 0.322 e. The van der Waals surface area contributed by atoms with Gasteiger partial charge in [-0.15, -0.1) is 0 Å². The summed E-state index contributed by atoms with van der Waals surface area (Å²) < 4.78 is 0. The van der Waals surface area contributed by atoms with Crippen molar-refractivity contribution in [3.05, 3.63) is 0 Å². The molecule has 0 heterocycles. The van der Waals surface area contributed by atoms with Crippen molar-refractivity contribution in [2.45, 2.75) is 45.1 Å². The molecule has 1 aliphatic carbocycles. The van der Waals surface area contributed by atoms with Crippen molar-refractivity contribution in [1.82, 2.24) is 15.5 Å². The van der Waals surface area contributed by atoms with E-state index in [1.54, 1.807) is 11.9 Å². The first-order valence-corrected chi connectivity index (χ1v) is 7.43. The van der Waals surface area contributed by atoms with E-state index >= 15 is 0 Å². The maximum atomic E-state index is 12.0. The van der Waals surface area contributed by atoms with E-state index in [4.69, 9.17) is 5.11 Å². The number of urea groups is 1. The van der Waals surface area contributed by atoms with E-state index < -0.39 is 18.4 Å². The molecule has 0 radical (unpaired) electrons. The lowest BCUT2D eigenvalue weighted by Gasteiger charge is -2.34. The van der Waals surface area contributed by atoms with Crippen molar-refractivity contribution in [3.8, 4) is 0 Å². The van der Waals surface area contributed by atoms with Gasteiger partial charge in [-0.25, -0.2) is 4.79 Å². The summed E-state index contributed by atoms with van der Waals surface area (Å²) in [4.78, 5) is 35.2. The Bertz CT molecular complexity index is 378. The molecule has 21 heavy (non-hydrogen) atoms. The van der Waals surface area contributed by atoms with Gasteiger partial charge < -0.3 is 20.6 Å². The Labute approximate surface area is 125 Å². The Morgan fingerprint density at radius 2 is 1.71 bits per heavy atom. The van der Waals surface area contributed by atoms with Crippen LogP contribution in [0.4, 0.5) is 4.79 Å². The van der Waals surface area contributed by atoms with Gasteiger partial charge in [0.05, 0.1) is 6.54 Å². The molecular formula is C14H25N3O4. The normalized spacial score (nSPS) is 21.4. The van der Waals surface area contributed by atoms with Crippen LogP contribution in [0.5, 0.6) is 0 Å². The van der Waals surface area contributed by atoms with Crippen LogP contribution in [-0.2, 0) is 9.59 Å². The molecule has 0 aromatic rings. The van der Waals surface area contributed by atoms with Crippen molar-refractivity contribution >= 4 is 17.9 Å². The zero-order valence-corrected chi connectivity index (χ0v) is 12.7. The summed E-state index contributed by atoms with van der Waals surface area (Å²) in [6.07, 6.45) is 5.45. The number of carbonyl (C=O) groups is 3. The fourth-order valence-electron chi connectivity index (χ4n) is 2.62. The van der Waals surface area contributed by atoms with Crippen LogP contribution in [0.3, 0.4) is 0 Å². The van der Waals surface area contributed by atoms with Gasteiger partial charge in [-0.2, -0.15) is 0 Å². The van der Waals surface area contributed by atoms with Crippen molar-refractivity contribution in [2.75, 3.05) is 20.1 Å². The van der Waals surface area contributed by atoms with Crippen LogP contribution in [0.2, 0.25) is 0 Å². The standard InChI is InChI=1S/C14H25N3O4/c1-3-10-4-6-11(7-5-10)17(2)14(21)16-8-12(18)15-9-13(19)20/h10-11H,3-9H2,1-2H3,(H,15,18)(H,16,21)(H,19,20). The molecule has 1 fully saturated rings. The lowest BCUT2D eigenvalue weighted by Crippen LogP contribution is -2.48. The Morgan fingerprint density at radius 1 is 1.10 bits per heavy atom. The number of nitrogens with zero attached hydrogens (tertiary/aromatic N) is 1. The van der Waals surface area contributed by atoms with Gasteiger partial charge in [-0.1, -0.05) is 13.3 Å². The first-order chi connectivity index (χ1) is 9.93. The van der Waals surface area contributed by atoms with E-state index in [2.05, 4.69) is 17.6 Å². The van der Waals surface area contributed by atoms with E-state index in [1.165, 1.54) is 6.42 Å². The molecular weight excluding hydrogens is 274 g/mol. The first-order valence-electron chi connectivity index (χ1n) is 7.43. The van der Waals surface area contributed by atoms with Crippen molar-refractivity contribution < 1.29 is 19.5 Å². The molecule has 7 heteroatoms. The number of rotatable bonds is 6. The highest BCUT2D eigenvalue weighted by Gasteiger charge is 2.25. The highest BCUT2D eigenvalue weighted by Crippen LogP contribution is 2.28. The van der Waals surface area contributed by atoms with Gasteiger partial charge in [0.1, 0.15) is 6.54 Å². The third kappa shape index (κ3) is 6.01. The zero-order valence-electron chi connectivity index (χ0n) is 12.7. The second kappa shape index (κ2) is 8.49. The summed E-state index contributed by atoms with van der Waals surface area (Å²) in [5, 5.41) is 13.1. The van der Waals surface area contributed by atoms with E-state index in [-0.39, 0.29) is 18.6 Å². The van der Waals surface area contributed by atoms with Crippen molar-refractivity contribution in [3.63, 3.8) is 0 Å². The van der Waals surface area contributed by atoms with E-state index in [9.17, 15) is 14.4 Å². The minimum Gasteiger partial charge on any atom is -0.480 e. The molecule has 0 unspecified atom stereocenters. The fraction of sp³-hybridized carbons (Fsp3) is 0.786. The second-order valence-electron chi connectivity index (χ2n) is 5.52. The average Bonchev–Trinajstić information content (AvgIpc) is 2.49. The lowest BCUT2D eigenvalue weighted by atomic mass is 9.84. The van der Waals surface area contributed by atoms with Gasteiger partial charge in [0.2, 0.25) is 5.91 Å². The molecule has 0 aromatic heterocycles. The maximum absolute atomic E-state index is 12.0. The Morgan fingerprint density at radius 3 is 2.24 bits per heavy atom. The molecule has 0 atom stereocenters. The summed E-state index contributed by atoms with van der Waals surface area (Å²) in [6.45, 7) is 1.55. The molecule has 0 saturated heterocycles. The van der Waals surface area contributed by atoms with Crippen LogP contribution in [0.15, 0.2) is 0 Å². The summed E-state index contributed by atoms with van der Waals surface area (Å²) in [5.41, 5.74) is 0. The van der Waals surface area contributed by atoms with Gasteiger partial charge in [0, 0.05) is 13.1 Å². The van der Waals surface area contributed by atoms with Gasteiger partial charge in [-0.05, 0) is 31.6 Å². The highest BCUT2D eigenvalue weighted by molar-refractivity contribution is 5.86. The highest BCUT2D eigenvalue weighted by atomic mass is 16.4. The summed E-state index contributed by atoms with van der Waals surface area (Å²) in [6, 6.07) is -0.0738. The average molecular weight is 299 g/mol. The van der Waals surface area contributed by atoms with Crippen molar-refractivity contribution in [2.24, 2.45) is 5.92 Å². The topological polar surface area (TPSA) is 98.7 Å². The van der Waals surface area contributed by atoms with Crippen LogP contribution < -0.4 is 10.6 Å². The van der Waals surface area contributed by atoms with Crippen LogP contribution in [0.1, 0.15) is 39.0 Å². The minimum atomic E-state index is -1.11. The molecule has 1 aliphatic rings. The van der Waals surface area contributed by atoms with E-state index in [1.807, 2.05) is 0 Å². The maximum Gasteiger partial charge on any atom is 0.322 e. The largest absolute Gasteiger partial charge is 0.480 e. The molecule has 3 N–H and O–H groups in total. The molecule has 120 valence electrons. The summed E-state index contributed by atoms with van der Waals surface area (Å²) >= 11 is 0. The third-order valence-electron chi connectivity index (χ3n) is 4.10. The van der Waals surface area contributed by atoms with Crippen LogP contribution in [-0.4, -0.2) is 54.1 Å². The third-order valence-corrected chi connectivity index (χ3v) is 4.10. The minimum absolute atomic E-state index is 0.208. The van der Waals surface area contributed by atoms with Crippen LogP contribution >= 0.6 is 0 Å². The number of hydrogen-bond donors (Lipinski definition) is 3. The Hall–Kier alpha value is -1.79. The molecule has 0 spiro atoms. The van der Waals surface area contributed by atoms with Gasteiger partial charge in [-0.3, -0.25) is 9.59 Å². The monoisotopic (exact) mass is 299 g/mol. The molecule has 3 amide bonds. The number of amides is 3. The van der Waals surface area contributed by atoms with E-state index in [0.717, 1.165) is 31.6 Å². The van der Waals surface area contributed by atoms with Crippen LogP contribution in [0.25, 0.3) is 0 Å². The second-order valence-corrected chi connectivity index (χ2v) is 5.52. The number of carboxylic acid groups (broad SMARTS) is 1. The molecule has 1 saturated carbocycles. The van der Waals surface area contributed by atoms with Crippen LogP contribution in [0, 0.1) is 5.92 Å². The molecule has 0 aliphatic heterocycles. The molecule has 0 bridgehead atoms. The number of nitrogens with one attached hydrogen (secondary N) is 2. The molecule has 7 nitrogen and oxygen atoms in total. The quantitative estimate of drug-likeness (QED) is 0.675. The number of carbonyl (C=O) groups excluding carboxylic acids is 2. The molecule has 1 rings (SSSR count).